The third-order valence-corrected chi connectivity index (χ3v) is 5.13. The summed E-state index contributed by atoms with van der Waals surface area (Å²) in [7, 11) is 1.68. The number of rotatable bonds is 6. The van der Waals surface area contributed by atoms with E-state index in [4.69, 9.17) is 14.6 Å². The third-order valence-electron chi connectivity index (χ3n) is 5.13. The molecule has 142 valence electrons. The second kappa shape index (κ2) is 7.96. The fourth-order valence-electron chi connectivity index (χ4n) is 3.62. The van der Waals surface area contributed by atoms with Crippen LogP contribution in [-0.4, -0.2) is 41.1 Å². The first kappa shape index (κ1) is 17.8. The first-order chi connectivity index (χ1) is 13.3. The second-order valence-electron chi connectivity index (χ2n) is 6.89. The molecule has 6 heteroatoms. The minimum Gasteiger partial charge on any atom is -0.497 e. The van der Waals surface area contributed by atoms with Gasteiger partial charge < -0.3 is 14.8 Å². The lowest BCUT2D eigenvalue weighted by Crippen LogP contribution is -2.28. The van der Waals surface area contributed by atoms with Crippen molar-refractivity contribution in [2.24, 2.45) is 0 Å². The van der Waals surface area contributed by atoms with Crippen LogP contribution in [0.15, 0.2) is 36.5 Å². The number of anilines is 1. The minimum atomic E-state index is 0.409. The molecule has 0 radical (unpaired) electrons. The maximum atomic E-state index is 5.47. The van der Waals surface area contributed by atoms with Crippen LogP contribution in [0.5, 0.6) is 5.75 Å². The van der Waals surface area contributed by atoms with E-state index >= 15 is 0 Å². The van der Waals surface area contributed by atoms with Crippen molar-refractivity contribution < 1.29 is 9.47 Å². The standard InChI is InChI=1S/C21H26N4O2/c1-3-18-20-19(8-11-22-21(20)23-16-9-12-27-13-10-16)25(24-18)14-15-4-6-17(26-2)7-5-15/h4-8,11,16H,3,9-10,12-14H2,1-2H3,(H,22,23). The van der Waals surface area contributed by atoms with Gasteiger partial charge in [0.05, 0.1) is 30.3 Å². The molecule has 1 aromatic carbocycles. The van der Waals surface area contributed by atoms with Gasteiger partial charge in [0.25, 0.3) is 0 Å². The Hall–Kier alpha value is -2.60. The summed E-state index contributed by atoms with van der Waals surface area (Å²) in [4.78, 5) is 4.63. The maximum absolute atomic E-state index is 5.47. The highest BCUT2D eigenvalue weighted by atomic mass is 16.5. The molecule has 0 saturated carbocycles. The first-order valence-corrected chi connectivity index (χ1v) is 9.60. The molecule has 1 aliphatic rings. The molecule has 0 aliphatic carbocycles. The fourth-order valence-corrected chi connectivity index (χ4v) is 3.62. The molecule has 4 rings (SSSR count). The van der Waals surface area contributed by atoms with Crippen molar-refractivity contribution in [3.8, 4) is 5.75 Å². The van der Waals surface area contributed by atoms with E-state index in [1.807, 2.05) is 18.3 Å². The number of aromatic nitrogens is 3. The predicted molar refractivity (Wildman–Crippen MR) is 106 cm³/mol. The van der Waals surface area contributed by atoms with E-state index in [1.165, 1.54) is 5.56 Å². The minimum absolute atomic E-state index is 0.409. The molecule has 0 unspecified atom stereocenters. The van der Waals surface area contributed by atoms with E-state index in [0.29, 0.717) is 6.04 Å². The Bertz CT molecular complexity index is 898. The van der Waals surface area contributed by atoms with E-state index in [9.17, 15) is 0 Å². The number of fused-ring (bicyclic) bond motifs is 1. The molecule has 27 heavy (non-hydrogen) atoms. The molecular formula is C21H26N4O2. The van der Waals surface area contributed by atoms with Crippen molar-refractivity contribution in [1.82, 2.24) is 14.8 Å². The Kier molecular flexibility index (Phi) is 5.25. The van der Waals surface area contributed by atoms with Crippen molar-refractivity contribution in [3.05, 3.63) is 47.8 Å². The molecule has 0 spiro atoms. The normalized spacial score (nSPS) is 15.2. The van der Waals surface area contributed by atoms with Crippen molar-refractivity contribution in [3.63, 3.8) is 0 Å². The molecular weight excluding hydrogens is 340 g/mol. The lowest BCUT2D eigenvalue weighted by atomic mass is 10.1. The first-order valence-electron chi connectivity index (χ1n) is 9.60. The van der Waals surface area contributed by atoms with Crippen LogP contribution in [0.3, 0.4) is 0 Å². The van der Waals surface area contributed by atoms with E-state index < -0.39 is 0 Å². The van der Waals surface area contributed by atoms with Crippen LogP contribution >= 0.6 is 0 Å². The fraction of sp³-hybridized carbons (Fsp3) is 0.429. The van der Waals surface area contributed by atoms with Crippen LogP contribution in [0.2, 0.25) is 0 Å². The van der Waals surface area contributed by atoms with Crippen molar-refractivity contribution in [1.29, 1.82) is 0 Å². The van der Waals surface area contributed by atoms with Gasteiger partial charge in [0, 0.05) is 25.5 Å². The summed E-state index contributed by atoms with van der Waals surface area (Å²) in [5, 5.41) is 9.65. The Morgan fingerprint density at radius 1 is 1.19 bits per heavy atom. The van der Waals surface area contributed by atoms with Gasteiger partial charge >= 0.3 is 0 Å². The second-order valence-corrected chi connectivity index (χ2v) is 6.89. The molecule has 0 amide bonds. The van der Waals surface area contributed by atoms with Gasteiger partial charge in [0.1, 0.15) is 11.6 Å². The molecule has 2 aromatic heterocycles. The van der Waals surface area contributed by atoms with Gasteiger partial charge in [-0.25, -0.2) is 4.98 Å². The SMILES string of the molecule is CCc1nn(Cc2ccc(OC)cc2)c2ccnc(NC3CCOCC3)c12. The zero-order valence-electron chi connectivity index (χ0n) is 15.9. The summed E-state index contributed by atoms with van der Waals surface area (Å²) >= 11 is 0. The molecule has 0 bridgehead atoms. The monoisotopic (exact) mass is 366 g/mol. The molecule has 1 saturated heterocycles. The zero-order valence-corrected chi connectivity index (χ0v) is 15.9. The van der Waals surface area contributed by atoms with E-state index in [2.05, 4.69) is 40.1 Å². The molecule has 0 atom stereocenters. The van der Waals surface area contributed by atoms with Crippen LogP contribution in [0.1, 0.15) is 31.0 Å². The number of pyridine rings is 1. The van der Waals surface area contributed by atoms with Crippen molar-refractivity contribution in [2.45, 2.75) is 38.8 Å². The molecule has 3 aromatic rings. The number of ether oxygens (including phenoxy) is 2. The lowest BCUT2D eigenvalue weighted by Gasteiger charge is -2.24. The van der Waals surface area contributed by atoms with Crippen LogP contribution in [-0.2, 0) is 17.7 Å². The van der Waals surface area contributed by atoms with Crippen molar-refractivity contribution in [2.75, 3.05) is 25.6 Å². The zero-order chi connectivity index (χ0) is 18.6. The highest BCUT2D eigenvalue weighted by Gasteiger charge is 2.19. The number of hydrogen-bond donors (Lipinski definition) is 1. The maximum Gasteiger partial charge on any atom is 0.137 e. The number of aryl methyl sites for hydroxylation is 1. The lowest BCUT2D eigenvalue weighted by molar-refractivity contribution is 0.0904. The molecule has 3 heterocycles. The van der Waals surface area contributed by atoms with Gasteiger partial charge in [-0.05, 0) is 43.0 Å². The van der Waals surface area contributed by atoms with Gasteiger partial charge in [-0.3, -0.25) is 4.68 Å². The van der Waals surface area contributed by atoms with Gasteiger partial charge in [0.15, 0.2) is 0 Å². The molecule has 1 fully saturated rings. The van der Waals surface area contributed by atoms with Crippen molar-refractivity contribution >= 4 is 16.7 Å². The number of hydrogen-bond acceptors (Lipinski definition) is 5. The number of nitrogens with one attached hydrogen (secondary N) is 1. The summed E-state index contributed by atoms with van der Waals surface area (Å²) in [5.41, 5.74) is 3.40. The predicted octanol–water partition coefficient (Wildman–Crippen LogP) is 3.64. The topological polar surface area (TPSA) is 61.2 Å². The Morgan fingerprint density at radius 2 is 1.96 bits per heavy atom. The third kappa shape index (κ3) is 3.76. The van der Waals surface area contributed by atoms with Crippen LogP contribution in [0.25, 0.3) is 10.9 Å². The number of methoxy groups -OCH3 is 1. The molecule has 1 N–H and O–H groups in total. The summed E-state index contributed by atoms with van der Waals surface area (Å²) in [6, 6.07) is 10.6. The quantitative estimate of drug-likeness (QED) is 0.722. The molecule has 6 nitrogen and oxygen atoms in total. The van der Waals surface area contributed by atoms with E-state index in [1.54, 1.807) is 7.11 Å². The number of benzene rings is 1. The summed E-state index contributed by atoms with van der Waals surface area (Å²) < 4.78 is 12.8. The number of nitrogens with zero attached hydrogens (tertiary/aromatic N) is 3. The van der Waals surface area contributed by atoms with E-state index in [0.717, 1.165) is 67.2 Å². The highest BCUT2D eigenvalue weighted by Crippen LogP contribution is 2.28. The Morgan fingerprint density at radius 3 is 2.67 bits per heavy atom. The average molecular weight is 366 g/mol. The van der Waals surface area contributed by atoms with Gasteiger partial charge in [-0.1, -0.05) is 19.1 Å². The Labute approximate surface area is 159 Å². The van der Waals surface area contributed by atoms with Gasteiger partial charge in [0.2, 0.25) is 0 Å². The highest BCUT2D eigenvalue weighted by molar-refractivity contribution is 5.92. The van der Waals surface area contributed by atoms with Crippen LogP contribution in [0.4, 0.5) is 5.82 Å². The van der Waals surface area contributed by atoms with Crippen LogP contribution < -0.4 is 10.1 Å². The summed E-state index contributed by atoms with van der Waals surface area (Å²) in [6.45, 7) is 4.49. The average Bonchev–Trinajstić information content (AvgIpc) is 3.08. The Balaban J connectivity index is 1.66. The summed E-state index contributed by atoms with van der Waals surface area (Å²) in [6.07, 6.45) is 4.77. The summed E-state index contributed by atoms with van der Waals surface area (Å²) in [5.74, 6) is 1.81. The van der Waals surface area contributed by atoms with Gasteiger partial charge in [-0.15, -0.1) is 0 Å². The smallest absolute Gasteiger partial charge is 0.137 e. The largest absolute Gasteiger partial charge is 0.497 e. The van der Waals surface area contributed by atoms with E-state index in [-0.39, 0.29) is 0 Å². The van der Waals surface area contributed by atoms with Crippen LogP contribution in [0, 0.1) is 0 Å². The van der Waals surface area contributed by atoms with Gasteiger partial charge in [-0.2, -0.15) is 5.10 Å². The molecule has 1 aliphatic heterocycles.